The predicted octanol–water partition coefficient (Wildman–Crippen LogP) is 0.319. The zero-order valence-corrected chi connectivity index (χ0v) is 7.78. The molecule has 0 bridgehead atoms. The van der Waals surface area contributed by atoms with E-state index in [4.69, 9.17) is 0 Å². The first-order chi connectivity index (χ1) is 6.24. The predicted molar refractivity (Wildman–Crippen MR) is 47.3 cm³/mol. The van der Waals surface area contributed by atoms with Crippen molar-refractivity contribution in [3.05, 3.63) is 18.0 Å². The molecule has 1 N–H and O–H groups in total. The summed E-state index contributed by atoms with van der Waals surface area (Å²) in [6, 6.07) is 1.92. The molecule has 0 radical (unpaired) electrons. The molecule has 5 nitrogen and oxygen atoms in total. The number of nitrogens with zero attached hydrogens (tertiary/aromatic N) is 2. The van der Waals surface area contributed by atoms with Crippen LogP contribution in [0.4, 0.5) is 4.79 Å². The zero-order valence-electron chi connectivity index (χ0n) is 7.78. The average molecular weight is 183 g/mol. The quantitative estimate of drug-likeness (QED) is 0.734. The van der Waals surface area contributed by atoms with Crippen LogP contribution in [0.25, 0.3) is 0 Å². The first-order valence-electron chi connectivity index (χ1n) is 4.02. The minimum Gasteiger partial charge on any atom is -0.453 e. The van der Waals surface area contributed by atoms with E-state index in [9.17, 15) is 4.79 Å². The Labute approximate surface area is 76.7 Å². The summed E-state index contributed by atoms with van der Waals surface area (Å²) in [5.41, 5.74) is 1.08. The van der Waals surface area contributed by atoms with Gasteiger partial charge in [0.05, 0.1) is 7.11 Å². The second-order valence-corrected chi connectivity index (χ2v) is 2.61. The number of ether oxygens (including phenoxy) is 1. The number of aromatic nitrogens is 2. The molecule has 0 aliphatic carbocycles. The maximum Gasteiger partial charge on any atom is 0.406 e. The molecule has 1 aromatic rings. The Morgan fingerprint density at radius 3 is 3.08 bits per heavy atom. The van der Waals surface area contributed by atoms with Crippen LogP contribution in [-0.4, -0.2) is 29.5 Å². The Kier molecular flexibility index (Phi) is 3.31. The monoisotopic (exact) mass is 183 g/mol. The minimum atomic E-state index is -0.401. The van der Waals surface area contributed by atoms with E-state index in [1.54, 1.807) is 10.9 Å². The van der Waals surface area contributed by atoms with Gasteiger partial charge in [0.1, 0.15) is 0 Å². The van der Waals surface area contributed by atoms with E-state index in [1.165, 1.54) is 7.11 Å². The second kappa shape index (κ2) is 4.49. The molecule has 0 unspecified atom stereocenters. The van der Waals surface area contributed by atoms with Gasteiger partial charge in [-0.1, -0.05) is 0 Å². The number of alkyl carbamates (subject to hydrolysis) is 1. The highest BCUT2D eigenvalue weighted by atomic mass is 16.5. The fourth-order valence-corrected chi connectivity index (χ4v) is 1.01. The topological polar surface area (TPSA) is 56.1 Å². The number of rotatable bonds is 3. The fourth-order valence-electron chi connectivity index (χ4n) is 1.01. The van der Waals surface area contributed by atoms with Gasteiger partial charge in [-0.05, 0) is 6.07 Å². The number of amides is 1. The van der Waals surface area contributed by atoms with Crippen LogP contribution in [0.5, 0.6) is 0 Å². The van der Waals surface area contributed by atoms with Crippen molar-refractivity contribution >= 4 is 6.09 Å². The van der Waals surface area contributed by atoms with E-state index in [2.05, 4.69) is 15.2 Å². The lowest BCUT2D eigenvalue weighted by Gasteiger charge is -2.03. The summed E-state index contributed by atoms with van der Waals surface area (Å²) in [7, 11) is 3.22. The number of hydrogen-bond acceptors (Lipinski definition) is 3. The number of methoxy groups -OCH3 is 1. The lowest BCUT2D eigenvalue weighted by atomic mass is 10.3. The Hall–Kier alpha value is -1.52. The summed E-state index contributed by atoms with van der Waals surface area (Å²) in [6.07, 6.45) is 2.08. The maximum atomic E-state index is 10.7. The molecule has 1 aromatic heterocycles. The molecule has 0 spiro atoms. The van der Waals surface area contributed by atoms with Crippen molar-refractivity contribution in [2.75, 3.05) is 13.7 Å². The van der Waals surface area contributed by atoms with Gasteiger partial charge in [-0.15, -0.1) is 0 Å². The van der Waals surface area contributed by atoms with Crippen LogP contribution in [0.3, 0.4) is 0 Å². The van der Waals surface area contributed by atoms with E-state index in [0.29, 0.717) is 6.54 Å². The van der Waals surface area contributed by atoms with Crippen LogP contribution in [0.15, 0.2) is 12.3 Å². The molecule has 13 heavy (non-hydrogen) atoms. The van der Waals surface area contributed by atoms with Crippen molar-refractivity contribution in [2.24, 2.45) is 7.05 Å². The number of hydrogen-bond donors (Lipinski definition) is 1. The van der Waals surface area contributed by atoms with Gasteiger partial charge in [0, 0.05) is 31.9 Å². The Balaban J connectivity index is 2.28. The highest BCUT2D eigenvalue weighted by Crippen LogP contribution is 1.95. The van der Waals surface area contributed by atoms with E-state index in [0.717, 1.165) is 12.1 Å². The van der Waals surface area contributed by atoms with Gasteiger partial charge in [0.2, 0.25) is 0 Å². The summed E-state index contributed by atoms with van der Waals surface area (Å²) in [4.78, 5) is 10.7. The van der Waals surface area contributed by atoms with Gasteiger partial charge >= 0.3 is 6.09 Å². The second-order valence-electron chi connectivity index (χ2n) is 2.61. The van der Waals surface area contributed by atoms with Gasteiger partial charge in [-0.2, -0.15) is 5.10 Å². The summed E-state index contributed by atoms with van der Waals surface area (Å²) in [6.45, 7) is 0.562. The van der Waals surface area contributed by atoms with Gasteiger partial charge < -0.3 is 10.1 Å². The maximum absolute atomic E-state index is 10.7. The molecule has 0 saturated carbocycles. The van der Waals surface area contributed by atoms with Crippen LogP contribution in [0, 0.1) is 0 Å². The number of aryl methyl sites for hydroxylation is 1. The number of nitrogens with one attached hydrogen (secondary N) is 1. The van der Waals surface area contributed by atoms with Crippen LogP contribution in [0.2, 0.25) is 0 Å². The molecule has 1 amide bonds. The summed E-state index contributed by atoms with van der Waals surface area (Å²) in [5, 5.41) is 6.60. The van der Waals surface area contributed by atoms with Crippen LogP contribution < -0.4 is 5.32 Å². The molecular weight excluding hydrogens is 170 g/mol. The molecule has 0 atom stereocenters. The molecular formula is C8H13N3O2. The third-order valence-electron chi connectivity index (χ3n) is 1.76. The van der Waals surface area contributed by atoms with Gasteiger partial charge in [0.25, 0.3) is 0 Å². The van der Waals surface area contributed by atoms with Crippen LogP contribution >= 0.6 is 0 Å². The Morgan fingerprint density at radius 1 is 1.77 bits per heavy atom. The summed E-state index contributed by atoms with van der Waals surface area (Å²) in [5.74, 6) is 0. The first kappa shape index (κ1) is 9.57. The van der Waals surface area contributed by atoms with Crippen molar-refractivity contribution < 1.29 is 9.53 Å². The van der Waals surface area contributed by atoms with Crippen molar-refractivity contribution in [1.29, 1.82) is 0 Å². The molecule has 0 aromatic carbocycles. The summed E-state index contributed by atoms with van der Waals surface area (Å²) >= 11 is 0. The zero-order chi connectivity index (χ0) is 9.68. The third kappa shape index (κ3) is 2.77. The molecule has 5 heteroatoms. The SMILES string of the molecule is COC(=O)NCCc1ccnn1C. The lowest BCUT2D eigenvalue weighted by Crippen LogP contribution is -2.25. The molecule has 1 heterocycles. The first-order valence-corrected chi connectivity index (χ1v) is 4.02. The minimum absolute atomic E-state index is 0.401. The standard InChI is InChI=1S/C8H13N3O2/c1-11-7(4-6-10-11)3-5-9-8(12)13-2/h4,6H,3,5H2,1-2H3,(H,9,12). The van der Waals surface area contributed by atoms with E-state index in [1.807, 2.05) is 13.1 Å². The largest absolute Gasteiger partial charge is 0.453 e. The molecule has 1 rings (SSSR count). The fraction of sp³-hybridized carbons (Fsp3) is 0.500. The molecule has 0 fully saturated rings. The van der Waals surface area contributed by atoms with Crippen molar-refractivity contribution in [3.63, 3.8) is 0 Å². The third-order valence-corrected chi connectivity index (χ3v) is 1.76. The Bertz CT molecular complexity index is 283. The van der Waals surface area contributed by atoms with Crippen molar-refractivity contribution in [2.45, 2.75) is 6.42 Å². The average Bonchev–Trinajstić information content (AvgIpc) is 2.52. The van der Waals surface area contributed by atoms with Crippen molar-refractivity contribution in [1.82, 2.24) is 15.1 Å². The number of carbonyl (C=O) groups is 1. The summed E-state index contributed by atoms with van der Waals surface area (Å²) < 4.78 is 6.20. The molecule has 0 aliphatic rings. The van der Waals surface area contributed by atoms with Gasteiger partial charge in [-0.3, -0.25) is 4.68 Å². The highest BCUT2D eigenvalue weighted by Gasteiger charge is 2.00. The smallest absolute Gasteiger partial charge is 0.406 e. The van der Waals surface area contributed by atoms with Crippen LogP contribution in [-0.2, 0) is 18.2 Å². The lowest BCUT2D eigenvalue weighted by molar-refractivity contribution is 0.171. The van der Waals surface area contributed by atoms with E-state index >= 15 is 0 Å². The van der Waals surface area contributed by atoms with Crippen molar-refractivity contribution in [3.8, 4) is 0 Å². The van der Waals surface area contributed by atoms with Gasteiger partial charge in [0.15, 0.2) is 0 Å². The van der Waals surface area contributed by atoms with Gasteiger partial charge in [-0.25, -0.2) is 4.79 Å². The molecule has 72 valence electrons. The Morgan fingerprint density at radius 2 is 2.54 bits per heavy atom. The van der Waals surface area contributed by atoms with E-state index in [-0.39, 0.29) is 0 Å². The molecule has 0 saturated heterocycles. The van der Waals surface area contributed by atoms with E-state index < -0.39 is 6.09 Å². The van der Waals surface area contributed by atoms with Crippen LogP contribution in [0.1, 0.15) is 5.69 Å². The normalized spacial score (nSPS) is 9.69. The highest BCUT2D eigenvalue weighted by molar-refractivity contribution is 5.66. The number of carbonyl (C=O) groups excluding carboxylic acids is 1. The molecule has 0 aliphatic heterocycles.